The van der Waals surface area contributed by atoms with Crippen LogP contribution in [0.3, 0.4) is 0 Å². The van der Waals surface area contributed by atoms with E-state index in [1.165, 1.54) is 24.3 Å². The molecule has 1 fully saturated rings. The van der Waals surface area contributed by atoms with E-state index < -0.39 is 11.9 Å². The summed E-state index contributed by atoms with van der Waals surface area (Å²) in [6, 6.07) is 11.9. The van der Waals surface area contributed by atoms with Crippen molar-refractivity contribution in [1.82, 2.24) is 10.2 Å². The van der Waals surface area contributed by atoms with Crippen molar-refractivity contribution < 1.29 is 18.3 Å². The molecule has 2 aromatic carbocycles. The molecule has 4 nitrogen and oxygen atoms in total. The Labute approximate surface area is 145 Å². The van der Waals surface area contributed by atoms with Gasteiger partial charge < -0.3 is 15.0 Å². The SMILES string of the molecule is CC(Oc1ccccc1F)C(=O)N1CCNCC1c1cccc(F)c1. The molecule has 6 heteroatoms. The third-order valence-electron chi connectivity index (χ3n) is 4.25. The first-order chi connectivity index (χ1) is 12.1. The molecule has 2 unspecified atom stereocenters. The fourth-order valence-corrected chi connectivity index (χ4v) is 2.99. The van der Waals surface area contributed by atoms with Gasteiger partial charge in [0.2, 0.25) is 0 Å². The second-order valence-corrected chi connectivity index (χ2v) is 6.00. The van der Waals surface area contributed by atoms with Crippen LogP contribution in [0.4, 0.5) is 8.78 Å². The number of ether oxygens (including phenoxy) is 1. The summed E-state index contributed by atoms with van der Waals surface area (Å²) in [6.07, 6.45) is -0.842. The van der Waals surface area contributed by atoms with Crippen molar-refractivity contribution in [2.24, 2.45) is 0 Å². The Kier molecular flexibility index (Phi) is 5.28. The maximum atomic E-state index is 13.7. The van der Waals surface area contributed by atoms with Gasteiger partial charge in [-0.05, 0) is 36.8 Å². The highest BCUT2D eigenvalue weighted by molar-refractivity contribution is 5.81. The first kappa shape index (κ1) is 17.4. The number of halogens is 2. The zero-order valence-electron chi connectivity index (χ0n) is 13.9. The van der Waals surface area contributed by atoms with Gasteiger partial charge in [-0.25, -0.2) is 8.78 Å². The van der Waals surface area contributed by atoms with Gasteiger partial charge in [0.1, 0.15) is 5.82 Å². The summed E-state index contributed by atoms with van der Waals surface area (Å²) in [5.41, 5.74) is 0.721. The molecule has 0 bridgehead atoms. The minimum atomic E-state index is -0.842. The molecule has 0 aliphatic carbocycles. The number of rotatable bonds is 4. The van der Waals surface area contributed by atoms with Gasteiger partial charge in [-0.1, -0.05) is 24.3 Å². The predicted molar refractivity (Wildman–Crippen MR) is 90.2 cm³/mol. The van der Waals surface area contributed by atoms with Crippen LogP contribution in [-0.4, -0.2) is 36.5 Å². The van der Waals surface area contributed by atoms with Crippen LogP contribution in [0.2, 0.25) is 0 Å². The van der Waals surface area contributed by atoms with E-state index in [9.17, 15) is 13.6 Å². The molecule has 0 spiro atoms. The van der Waals surface area contributed by atoms with Crippen molar-refractivity contribution in [3.63, 3.8) is 0 Å². The summed E-state index contributed by atoms with van der Waals surface area (Å²) in [4.78, 5) is 14.5. The van der Waals surface area contributed by atoms with Crippen LogP contribution in [0.5, 0.6) is 5.75 Å². The van der Waals surface area contributed by atoms with Gasteiger partial charge in [0.25, 0.3) is 5.91 Å². The average molecular weight is 346 g/mol. The fraction of sp³-hybridized carbons (Fsp3) is 0.316. The smallest absolute Gasteiger partial charge is 0.263 e. The molecule has 2 aromatic rings. The molecule has 25 heavy (non-hydrogen) atoms. The molecule has 1 aliphatic rings. The van der Waals surface area contributed by atoms with E-state index in [1.807, 2.05) is 0 Å². The summed E-state index contributed by atoms with van der Waals surface area (Å²) in [5, 5.41) is 3.22. The Bertz CT molecular complexity index is 754. The van der Waals surface area contributed by atoms with E-state index in [0.717, 1.165) is 5.56 Å². The summed E-state index contributed by atoms with van der Waals surface area (Å²) in [6.45, 7) is 3.25. The van der Waals surface area contributed by atoms with Gasteiger partial charge in [0, 0.05) is 19.6 Å². The Morgan fingerprint density at radius 2 is 2.04 bits per heavy atom. The number of carbonyl (C=O) groups is 1. The molecular formula is C19H20F2N2O2. The molecule has 1 aliphatic heterocycles. The van der Waals surface area contributed by atoms with Crippen LogP contribution in [0.25, 0.3) is 0 Å². The molecule has 1 amide bonds. The van der Waals surface area contributed by atoms with Crippen molar-refractivity contribution >= 4 is 5.91 Å². The lowest BCUT2D eigenvalue weighted by atomic mass is 10.0. The van der Waals surface area contributed by atoms with E-state index in [4.69, 9.17) is 4.74 Å². The van der Waals surface area contributed by atoms with Gasteiger partial charge >= 0.3 is 0 Å². The van der Waals surface area contributed by atoms with Crippen LogP contribution in [0, 0.1) is 11.6 Å². The zero-order valence-corrected chi connectivity index (χ0v) is 13.9. The Morgan fingerprint density at radius 1 is 1.24 bits per heavy atom. The molecule has 0 radical (unpaired) electrons. The van der Waals surface area contributed by atoms with Crippen molar-refractivity contribution in [3.8, 4) is 5.75 Å². The number of para-hydroxylation sites is 1. The number of piperazine rings is 1. The maximum absolute atomic E-state index is 13.7. The minimum absolute atomic E-state index is 0.0424. The van der Waals surface area contributed by atoms with Crippen LogP contribution in [-0.2, 0) is 4.79 Å². The number of amides is 1. The number of carbonyl (C=O) groups excluding carboxylic acids is 1. The second-order valence-electron chi connectivity index (χ2n) is 6.00. The highest BCUT2D eigenvalue weighted by Gasteiger charge is 2.32. The van der Waals surface area contributed by atoms with E-state index in [2.05, 4.69) is 5.32 Å². The lowest BCUT2D eigenvalue weighted by Crippen LogP contribution is -2.52. The number of hydrogen-bond donors (Lipinski definition) is 1. The molecule has 1 heterocycles. The Morgan fingerprint density at radius 3 is 2.80 bits per heavy atom. The summed E-state index contributed by atoms with van der Waals surface area (Å²) in [7, 11) is 0. The molecule has 0 saturated carbocycles. The first-order valence-electron chi connectivity index (χ1n) is 8.24. The highest BCUT2D eigenvalue weighted by Crippen LogP contribution is 2.25. The molecule has 132 valence electrons. The normalized spacial score (nSPS) is 18.7. The van der Waals surface area contributed by atoms with E-state index in [-0.39, 0.29) is 23.5 Å². The topological polar surface area (TPSA) is 41.6 Å². The predicted octanol–water partition coefficient (Wildman–Crippen LogP) is 2.91. The van der Waals surface area contributed by atoms with Crippen molar-refractivity contribution in [3.05, 3.63) is 65.7 Å². The average Bonchev–Trinajstić information content (AvgIpc) is 2.63. The molecule has 2 atom stereocenters. The van der Waals surface area contributed by atoms with E-state index in [0.29, 0.717) is 19.6 Å². The van der Waals surface area contributed by atoms with Crippen LogP contribution >= 0.6 is 0 Å². The van der Waals surface area contributed by atoms with Gasteiger partial charge in [-0.15, -0.1) is 0 Å². The number of nitrogens with zero attached hydrogens (tertiary/aromatic N) is 1. The molecule has 1 saturated heterocycles. The van der Waals surface area contributed by atoms with Crippen LogP contribution in [0.1, 0.15) is 18.5 Å². The van der Waals surface area contributed by atoms with E-state index in [1.54, 1.807) is 36.1 Å². The maximum Gasteiger partial charge on any atom is 0.263 e. The van der Waals surface area contributed by atoms with Crippen molar-refractivity contribution in [2.45, 2.75) is 19.1 Å². The first-order valence-corrected chi connectivity index (χ1v) is 8.24. The number of nitrogens with one attached hydrogen (secondary N) is 1. The lowest BCUT2D eigenvalue weighted by molar-refractivity contribution is -0.141. The third kappa shape index (κ3) is 3.96. The summed E-state index contributed by atoms with van der Waals surface area (Å²) in [5.74, 6) is -1.06. The standard InChI is InChI=1S/C19H20F2N2O2/c1-13(25-18-8-3-2-7-16(18)21)19(24)23-10-9-22-12-17(23)14-5-4-6-15(20)11-14/h2-8,11,13,17,22H,9-10,12H2,1H3. The van der Waals surface area contributed by atoms with Crippen LogP contribution < -0.4 is 10.1 Å². The quantitative estimate of drug-likeness (QED) is 0.926. The molecule has 1 N–H and O–H groups in total. The molecular weight excluding hydrogens is 326 g/mol. The van der Waals surface area contributed by atoms with Gasteiger partial charge in [0.05, 0.1) is 6.04 Å². The second kappa shape index (κ2) is 7.61. The highest BCUT2D eigenvalue weighted by atomic mass is 19.1. The summed E-state index contributed by atoms with van der Waals surface area (Å²) >= 11 is 0. The largest absolute Gasteiger partial charge is 0.478 e. The van der Waals surface area contributed by atoms with Gasteiger partial charge in [0.15, 0.2) is 17.7 Å². The number of benzene rings is 2. The Hall–Kier alpha value is -2.47. The zero-order chi connectivity index (χ0) is 17.8. The monoisotopic (exact) mass is 346 g/mol. The van der Waals surface area contributed by atoms with Gasteiger partial charge in [-0.2, -0.15) is 0 Å². The molecule has 0 aromatic heterocycles. The van der Waals surface area contributed by atoms with Gasteiger partial charge in [-0.3, -0.25) is 4.79 Å². The lowest BCUT2D eigenvalue weighted by Gasteiger charge is -2.38. The Balaban J connectivity index is 1.77. The van der Waals surface area contributed by atoms with Crippen molar-refractivity contribution in [2.75, 3.05) is 19.6 Å². The van der Waals surface area contributed by atoms with E-state index >= 15 is 0 Å². The molecule has 3 rings (SSSR count). The van der Waals surface area contributed by atoms with Crippen LogP contribution in [0.15, 0.2) is 48.5 Å². The minimum Gasteiger partial charge on any atom is -0.478 e. The van der Waals surface area contributed by atoms with Crippen molar-refractivity contribution in [1.29, 1.82) is 0 Å². The fourth-order valence-electron chi connectivity index (χ4n) is 2.99. The number of hydrogen-bond acceptors (Lipinski definition) is 3. The summed E-state index contributed by atoms with van der Waals surface area (Å²) < 4.78 is 32.8. The third-order valence-corrected chi connectivity index (χ3v) is 4.25.